The van der Waals surface area contributed by atoms with Gasteiger partial charge in [-0.2, -0.15) is 0 Å². The van der Waals surface area contributed by atoms with Gasteiger partial charge < -0.3 is 39.2 Å². The van der Waals surface area contributed by atoms with Crippen LogP contribution in [-0.4, -0.2) is 103 Å². The maximum absolute atomic E-state index is 13.8. The smallest absolute Gasteiger partial charge is 0.407 e. The molecule has 2 fully saturated rings. The van der Waals surface area contributed by atoms with Crippen LogP contribution in [-0.2, 0) is 21.0 Å². The molecule has 3 heterocycles. The lowest BCUT2D eigenvalue weighted by Gasteiger charge is -2.34. The molecule has 2 atom stereocenters. The highest BCUT2D eigenvalue weighted by molar-refractivity contribution is 6.76. The maximum atomic E-state index is 13.8. The first kappa shape index (κ1) is 33.3. The summed E-state index contributed by atoms with van der Waals surface area (Å²) in [4.78, 5) is 47.4. The number of piperazine rings is 1. The van der Waals surface area contributed by atoms with E-state index < -0.39 is 26.3 Å². The van der Waals surface area contributed by atoms with E-state index in [0.717, 1.165) is 41.7 Å². The molecule has 0 spiro atoms. The zero-order chi connectivity index (χ0) is 32.0. The Bertz CT molecular complexity index is 1290. The first-order chi connectivity index (χ1) is 20.9. The van der Waals surface area contributed by atoms with Gasteiger partial charge in [-0.25, -0.2) is 14.6 Å². The van der Waals surface area contributed by atoms with E-state index in [1.807, 2.05) is 24.9 Å². The number of benzene rings is 1. The third kappa shape index (κ3) is 8.11. The van der Waals surface area contributed by atoms with Crippen LogP contribution in [0.2, 0.25) is 25.7 Å². The van der Waals surface area contributed by atoms with Crippen LogP contribution in [0.3, 0.4) is 0 Å². The van der Waals surface area contributed by atoms with E-state index in [-0.39, 0.29) is 17.9 Å². The number of carbonyl (C=O) groups excluding carboxylic acids is 2. The lowest BCUT2D eigenvalue weighted by atomic mass is 10.0. The number of carboxylic acid groups (broad SMARTS) is 1. The third-order valence-electron chi connectivity index (χ3n) is 8.41. The van der Waals surface area contributed by atoms with Crippen LogP contribution < -0.4 is 10.2 Å². The van der Waals surface area contributed by atoms with Crippen LogP contribution in [0.4, 0.5) is 15.3 Å². The van der Waals surface area contributed by atoms with E-state index in [2.05, 4.69) is 58.7 Å². The molecule has 2 aliphatic rings. The maximum Gasteiger partial charge on any atom is 0.407 e. The number of rotatable bonds is 11. The van der Waals surface area contributed by atoms with Crippen LogP contribution in [0.25, 0.3) is 11.3 Å². The van der Waals surface area contributed by atoms with Crippen molar-refractivity contribution in [2.75, 3.05) is 51.3 Å². The summed E-state index contributed by atoms with van der Waals surface area (Å²) in [6.45, 7) is 14.6. The summed E-state index contributed by atoms with van der Waals surface area (Å²) < 4.78 is 13.1. The van der Waals surface area contributed by atoms with Gasteiger partial charge in [-0.05, 0) is 42.5 Å². The van der Waals surface area contributed by atoms with Crippen molar-refractivity contribution in [3.63, 3.8) is 0 Å². The van der Waals surface area contributed by atoms with Gasteiger partial charge in [0.25, 0.3) is 0 Å². The lowest BCUT2D eigenvalue weighted by Crippen LogP contribution is -2.51. The molecule has 242 valence electrons. The van der Waals surface area contributed by atoms with Crippen molar-refractivity contribution >= 4 is 31.9 Å². The van der Waals surface area contributed by atoms with Crippen LogP contribution in [0.15, 0.2) is 30.5 Å². The first-order valence-corrected chi connectivity index (χ1v) is 19.2. The molecule has 2 N–H and O–H groups in total. The number of hydrogen-bond donors (Lipinski definition) is 2. The number of methoxy groups -OCH3 is 1. The van der Waals surface area contributed by atoms with Gasteiger partial charge in [0.2, 0.25) is 5.91 Å². The quantitative estimate of drug-likeness (QED) is 0.271. The number of anilines is 1. The summed E-state index contributed by atoms with van der Waals surface area (Å²) >= 11 is 0. The van der Waals surface area contributed by atoms with Gasteiger partial charge in [0.05, 0.1) is 25.0 Å². The van der Waals surface area contributed by atoms with Crippen molar-refractivity contribution in [1.29, 1.82) is 0 Å². The fraction of sp³-hybridized carbons (Fsp3) is 0.613. The van der Waals surface area contributed by atoms with E-state index >= 15 is 0 Å². The second-order valence-electron chi connectivity index (χ2n) is 13.1. The molecule has 0 aliphatic carbocycles. The molecule has 3 amide bonds. The Labute approximate surface area is 261 Å². The average molecular weight is 629 g/mol. The molecule has 12 nitrogen and oxygen atoms in total. The van der Waals surface area contributed by atoms with Gasteiger partial charge in [-0.3, -0.25) is 4.79 Å². The van der Waals surface area contributed by atoms with E-state index in [0.29, 0.717) is 46.1 Å². The zero-order valence-electron chi connectivity index (χ0n) is 26.9. The summed E-state index contributed by atoms with van der Waals surface area (Å²) in [5, 5.41) is 12.0. The Morgan fingerprint density at radius 1 is 1.07 bits per heavy atom. The van der Waals surface area contributed by atoms with Crippen molar-refractivity contribution in [2.45, 2.75) is 71.2 Å². The standard InChI is InChI=1S/C31H48N6O6Si/c1-22(2)27(33-30(39)42-3)29(38)36-13-7-8-25(36)28-32-20-26(37(28)21-43-18-19-44(4,5)6)23-9-11-24(12-10-23)34-14-16-35(17-15-34)31(40)41/h9-12,20,22,25,27H,7-8,13-19,21H2,1-6H3,(H,33,39)(H,40,41). The summed E-state index contributed by atoms with van der Waals surface area (Å²) in [6, 6.07) is 8.33. The highest BCUT2D eigenvalue weighted by Crippen LogP contribution is 2.35. The molecule has 2 aromatic rings. The Morgan fingerprint density at radius 3 is 2.34 bits per heavy atom. The molecule has 2 saturated heterocycles. The molecule has 4 rings (SSSR count). The predicted octanol–water partition coefficient (Wildman–Crippen LogP) is 4.71. The number of aromatic nitrogens is 2. The van der Waals surface area contributed by atoms with Crippen molar-refractivity contribution in [3.8, 4) is 11.3 Å². The van der Waals surface area contributed by atoms with Crippen molar-refractivity contribution in [3.05, 3.63) is 36.3 Å². The normalized spacial score (nSPS) is 18.1. The molecule has 0 saturated carbocycles. The monoisotopic (exact) mass is 628 g/mol. The van der Waals surface area contributed by atoms with Crippen molar-refractivity contribution in [1.82, 2.24) is 24.7 Å². The minimum absolute atomic E-state index is 0.117. The van der Waals surface area contributed by atoms with Crippen molar-refractivity contribution < 1.29 is 29.0 Å². The molecule has 0 radical (unpaired) electrons. The van der Waals surface area contributed by atoms with Gasteiger partial charge in [0, 0.05) is 53.1 Å². The lowest BCUT2D eigenvalue weighted by molar-refractivity contribution is -0.135. The minimum Gasteiger partial charge on any atom is -0.465 e. The van der Waals surface area contributed by atoms with E-state index in [1.165, 1.54) is 12.0 Å². The van der Waals surface area contributed by atoms with Gasteiger partial charge in [0.1, 0.15) is 18.6 Å². The van der Waals surface area contributed by atoms with Gasteiger partial charge >= 0.3 is 12.2 Å². The SMILES string of the molecule is COC(=O)NC(C(=O)N1CCCC1c1ncc(-c2ccc(N3CCN(C(=O)O)CC3)cc2)n1COCC[Si](C)(C)C)C(C)C. The number of likely N-dealkylation sites (tertiary alicyclic amines) is 1. The first-order valence-electron chi connectivity index (χ1n) is 15.5. The van der Waals surface area contributed by atoms with E-state index in [9.17, 15) is 19.5 Å². The molecule has 2 aliphatic heterocycles. The Balaban J connectivity index is 1.59. The number of amides is 3. The number of carbonyl (C=O) groups is 3. The topological polar surface area (TPSA) is 129 Å². The highest BCUT2D eigenvalue weighted by atomic mass is 28.3. The highest BCUT2D eigenvalue weighted by Gasteiger charge is 2.38. The molecular weight excluding hydrogens is 580 g/mol. The zero-order valence-corrected chi connectivity index (χ0v) is 27.9. The predicted molar refractivity (Wildman–Crippen MR) is 171 cm³/mol. The molecule has 1 aromatic carbocycles. The average Bonchev–Trinajstić information content (AvgIpc) is 3.64. The van der Waals surface area contributed by atoms with Gasteiger partial charge in [-0.15, -0.1) is 0 Å². The van der Waals surface area contributed by atoms with E-state index in [1.54, 1.807) is 0 Å². The fourth-order valence-electron chi connectivity index (χ4n) is 5.73. The van der Waals surface area contributed by atoms with Crippen LogP contribution in [0.5, 0.6) is 0 Å². The van der Waals surface area contributed by atoms with Crippen molar-refractivity contribution in [2.24, 2.45) is 5.92 Å². The second-order valence-corrected chi connectivity index (χ2v) is 18.7. The summed E-state index contributed by atoms with van der Waals surface area (Å²) in [5.74, 6) is 0.512. The Morgan fingerprint density at radius 2 is 1.75 bits per heavy atom. The molecule has 44 heavy (non-hydrogen) atoms. The van der Waals surface area contributed by atoms with Gasteiger partial charge in [0.15, 0.2) is 0 Å². The molecular formula is C31H48N6O6Si. The molecule has 13 heteroatoms. The van der Waals surface area contributed by atoms with Crippen LogP contribution in [0.1, 0.15) is 38.6 Å². The second kappa shape index (κ2) is 14.5. The third-order valence-corrected chi connectivity index (χ3v) is 10.1. The number of alkyl carbamates (subject to hydrolysis) is 1. The minimum atomic E-state index is -1.28. The van der Waals surface area contributed by atoms with E-state index in [4.69, 9.17) is 14.5 Å². The van der Waals surface area contributed by atoms with Gasteiger partial charge in [-0.1, -0.05) is 45.6 Å². The number of hydrogen-bond acceptors (Lipinski definition) is 7. The van der Waals surface area contributed by atoms with Crippen LogP contribution in [0, 0.1) is 5.92 Å². The molecule has 0 bridgehead atoms. The largest absolute Gasteiger partial charge is 0.465 e. The summed E-state index contributed by atoms with van der Waals surface area (Å²) in [7, 11) is 0.0105. The number of imidazole rings is 1. The fourth-order valence-corrected chi connectivity index (χ4v) is 6.49. The molecule has 2 unspecified atom stereocenters. The molecule has 1 aromatic heterocycles. The number of ether oxygens (including phenoxy) is 2. The summed E-state index contributed by atoms with van der Waals surface area (Å²) in [6.07, 6.45) is 1.95. The number of nitrogens with zero attached hydrogens (tertiary/aromatic N) is 5. The Kier molecular flexibility index (Phi) is 11.0. The Hall–Kier alpha value is -3.58. The number of nitrogens with one attached hydrogen (secondary N) is 1. The van der Waals surface area contributed by atoms with Crippen LogP contribution >= 0.6 is 0 Å². The summed E-state index contributed by atoms with van der Waals surface area (Å²) in [5.41, 5.74) is 2.93.